The molecule has 0 aliphatic carbocycles. The van der Waals surface area contributed by atoms with Crippen LogP contribution in [0, 0.1) is 0 Å². The monoisotopic (exact) mass is 185 g/mol. The lowest BCUT2D eigenvalue weighted by Gasteiger charge is -1.94. The fourth-order valence-corrected chi connectivity index (χ4v) is 1.91. The van der Waals surface area contributed by atoms with Gasteiger partial charge in [-0.05, 0) is 18.6 Å². The molecule has 0 unspecified atom stereocenters. The predicted molar refractivity (Wildman–Crippen MR) is 53.8 cm³/mol. The maximum Gasteiger partial charge on any atom is 0.109 e. The van der Waals surface area contributed by atoms with Gasteiger partial charge in [0.25, 0.3) is 0 Å². The highest BCUT2D eigenvalue weighted by atomic mass is 15.1. The van der Waals surface area contributed by atoms with Crippen molar-refractivity contribution in [2.24, 2.45) is 0 Å². The third-order valence-electron chi connectivity index (χ3n) is 2.62. The highest BCUT2D eigenvalue weighted by molar-refractivity contribution is 5.57. The number of imidazole rings is 1. The van der Waals surface area contributed by atoms with E-state index < -0.39 is 0 Å². The number of nitrogens with zero attached hydrogens (tertiary/aromatic N) is 3. The molecule has 0 saturated carbocycles. The lowest BCUT2D eigenvalue weighted by Crippen LogP contribution is -1.87. The van der Waals surface area contributed by atoms with Crippen molar-refractivity contribution in [1.29, 1.82) is 0 Å². The molecule has 3 heteroatoms. The van der Waals surface area contributed by atoms with Crippen molar-refractivity contribution in [3.63, 3.8) is 0 Å². The van der Waals surface area contributed by atoms with E-state index in [9.17, 15) is 0 Å². The minimum Gasteiger partial charge on any atom is -0.334 e. The van der Waals surface area contributed by atoms with E-state index >= 15 is 0 Å². The van der Waals surface area contributed by atoms with Crippen molar-refractivity contribution in [1.82, 2.24) is 14.5 Å². The van der Waals surface area contributed by atoms with Gasteiger partial charge >= 0.3 is 0 Å². The quantitative estimate of drug-likeness (QED) is 0.679. The molecule has 3 nitrogen and oxygen atoms in total. The molecule has 70 valence electrons. The minimum atomic E-state index is 1.05. The second kappa shape index (κ2) is 2.94. The number of pyridine rings is 1. The highest BCUT2D eigenvalue weighted by Gasteiger charge is 2.13. The molecule has 0 saturated heterocycles. The van der Waals surface area contributed by atoms with Crippen LogP contribution in [0.3, 0.4) is 0 Å². The van der Waals surface area contributed by atoms with E-state index in [1.54, 1.807) is 6.20 Å². The van der Waals surface area contributed by atoms with Crippen molar-refractivity contribution >= 4 is 0 Å². The topological polar surface area (TPSA) is 30.7 Å². The largest absolute Gasteiger partial charge is 0.334 e. The summed E-state index contributed by atoms with van der Waals surface area (Å²) in [5.41, 5.74) is 2.15. The summed E-state index contributed by atoms with van der Waals surface area (Å²) in [7, 11) is 0. The third kappa shape index (κ3) is 1.13. The van der Waals surface area contributed by atoms with Gasteiger partial charge in [0.2, 0.25) is 0 Å². The molecular weight excluding hydrogens is 174 g/mol. The lowest BCUT2D eigenvalue weighted by molar-refractivity contribution is 0.750. The smallest absolute Gasteiger partial charge is 0.109 e. The Balaban J connectivity index is 2.06. The standard InChI is InChI=1S/C11H11N3/c1-3-9(7-12-5-1)10-8-14-6-2-4-11(14)13-10/h1,3,5,7-8H,2,4,6H2. The second-order valence-electron chi connectivity index (χ2n) is 3.58. The van der Waals surface area contributed by atoms with Gasteiger partial charge in [-0.1, -0.05) is 0 Å². The zero-order valence-corrected chi connectivity index (χ0v) is 7.85. The first-order valence-electron chi connectivity index (χ1n) is 4.90. The minimum absolute atomic E-state index is 1.05. The van der Waals surface area contributed by atoms with E-state index in [-0.39, 0.29) is 0 Å². The zero-order valence-electron chi connectivity index (χ0n) is 7.85. The average molecular weight is 185 g/mol. The molecule has 0 fully saturated rings. The first-order valence-corrected chi connectivity index (χ1v) is 4.90. The van der Waals surface area contributed by atoms with Crippen LogP contribution >= 0.6 is 0 Å². The SMILES string of the molecule is c1cncc(-c2cn3c(n2)CCC3)c1. The predicted octanol–water partition coefficient (Wildman–Crippen LogP) is 1.89. The summed E-state index contributed by atoms with van der Waals surface area (Å²) < 4.78 is 2.24. The van der Waals surface area contributed by atoms with Crippen molar-refractivity contribution in [3.8, 4) is 11.3 Å². The van der Waals surface area contributed by atoms with Gasteiger partial charge in [0, 0.05) is 37.1 Å². The first-order chi connectivity index (χ1) is 6.93. The molecule has 0 bridgehead atoms. The maximum atomic E-state index is 4.58. The van der Waals surface area contributed by atoms with Gasteiger partial charge in [-0.2, -0.15) is 0 Å². The van der Waals surface area contributed by atoms with E-state index in [0.717, 1.165) is 24.2 Å². The molecule has 3 rings (SSSR count). The third-order valence-corrected chi connectivity index (χ3v) is 2.62. The molecule has 0 aromatic carbocycles. The maximum absolute atomic E-state index is 4.58. The fourth-order valence-electron chi connectivity index (χ4n) is 1.91. The summed E-state index contributed by atoms with van der Waals surface area (Å²) in [4.78, 5) is 8.68. The molecule has 1 aliphatic rings. The molecule has 2 aromatic heterocycles. The molecule has 1 aliphatic heterocycles. The van der Waals surface area contributed by atoms with Gasteiger partial charge in [-0.3, -0.25) is 4.98 Å². The van der Waals surface area contributed by atoms with E-state index in [1.807, 2.05) is 18.3 Å². The van der Waals surface area contributed by atoms with Gasteiger partial charge < -0.3 is 4.57 Å². The van der Waals surface area contributed by atoms with E-state index in [2.05, 4.69) is 20.7 Å². The Morgan fingerprint density at radius 1 is 1.36 bits per heavy atom. The van der Waals surface area contributed by atoms with Crippen molar-refractivity contribution in [2.45, 2.75) is 19.4 Å². The molecular formula is C11H11N3. The lowest BCUT2D eigenvalue weighted by atomic mass is 10.2. The molecule has 0 amide bonds. The van der Waals surface area contributed by atoms with Crippen LogP contribution in [0.5, 0.6) is 0 Å². The average Bonchev–Trinajstić information content (AvgIpc) is 2.78. The number of fused-ring (bicyclic) bond motifs is 1. The molecule has 0 N–H and O–H groups in total. The number of hydrogen-bond acceptors (Lipinski definition) is 2. The molecule has 0 radical (unpaired) electrons. The van der Waals surface area contributed by atoms with Crippen LogP contribution in [0.15, 0.2) is 30.7 Å². The summed E-state index contributed by atoms with van der Waals surface area (Å²) in [5.74, 6) is 1.21. The summed E-state index contributed by atoms with van der Waals surface area (Å²) in [6, 6.07) is 3.99. The van der Waals surface area contributed by atoms with Gasteiger partial charge in [0.05, 0.1) is 5.69 Å². The molecule has 2 aromatic rings. The van der Waals surface area contributed by atoms with Crippen molar-refractivity contribution < 1.29 is 0 Å². The van der Waals surface area contributed by atoms with Crippen molar-refractivity contribution in [3.05, 3.63) is 36.5 Å². The van der Waals surface area contributed by atoms with Crippen LogP contribution in [-0.2, 0) is 13.0 Å². The number of rotatable bonds is 1. The summed E-state index contributed by atoms with van der Waals surface area (Å²) >= 11 is 0. The Labute approximate surface area is 82.4 Å². The Bertz CT molecular complexity index is 423. The number of hydrogen-bond donors (Lipinski definition) is 0. The van der Waals surface area contributed by atoms with Crippen molar-refractivity contribution in [2.75, 3.05) is 0 Å². The van der Waals surface area contributed by atoms with Crippen LogP contribution in [0.4, 0.5) is 0 Å². The van der Waals surface area contributed by atoms with Gasteiger partial charge in [-0.15, -0.1) is 0 Å². The van der Waals surface area contributed by atoms with E-state index in [0.29, 0.717) is 0 Å². The molecule has 3 heterocycles. The molecule has 0 atom stereocenters. The second-order valence-corrected chi connectivity index (χ2v) is 3.58. The number of aromatic nitrogens is 3. The van der Waals surface area contributed by atoms with Crippen LogP contribution < -0.4 is 0 Å². The van der Waals surface area contributed by atoms with Crippen LogP contribution in [0.25, 0.3) is 11.3 Å². The fraction of sp³-hybridized carbons (Fsp3) is 0.273. The Morgan fingerprint density at radius 3 is 3.14 bits per heavy atom. The molecule has 14 heavy (non-hydrogen) atoms. The van der Waals surface area contributed by atoms with Crippen LogP contribution in [0.2, 0.25) is 0 Å². The van der Waals surface area contributed by atoms with E-state index in [4.69, 9.17) is 0 Å². The van der Waals surface area contributed by atoms with Gasteiger partial charge in [0.1, 0.15) is 5.82 Å². The van der Waals surface area contributed by atoms with Gasteiger partial charge in [0.15, 0.2) is 0 Å². The molecule has 0 spiro atoms. The Kier molecular flexibility index (Phi) is 1.63. The zero-order chi connectivity index (χ0) is 9.38. The first kappa shape index (κ1) is 7.74. The summed E-state index contributed by atoms with van der Waals surface area (Å²) in [6.07, 6.45) is 8.11. The van der Waals surface area contributed by atoms with E-state index in [1.165, 1.54) is 12.2 Å². The Morgan fingerprint density at radius 2 is 2.36 bits per heavy atom. The van der Waals surface area contributed by atoms with Crippen LogP contribution in [0.1, 0.15) is 12.2 Å². The Hall–Kier alpha value is -1.64. The van der Waals surface area contributed by atoms with Gasteiger partial charge in [-0.25, -0.2) is 4.98 Å². The summed E-state index contributed by atoms with van der Waals surface area (Å²) in [5, 5.41) is 0. The highest BCUT2D eigenvalue weighted by Crippen LogP contribution is 2.21. The number of aryl methyl sites for hydroxylation is 2. The summed E-state index contributed by atoms with van der Waals surface area (Å²) in [6.45, 7) is 1.11. The van der Waals surface area contributed by atoms with Crippen LogP contribution in [-0.4, -0.2) is 14.5 Å². The normalized spacial score (nSPS) is 14.3.